The Kier molecular flexibility index (Phi) is 5.24. The van der Waals surface area contributed by atoms with Crippen LogP contribution in [0.1, 0.15) is 35.7 Å². The number of carbonyl (C=O) groups is 1. The summed E-state index contributed by atoms with van der Waals surface area (Å²) in [5.41, 5.74) is 1.32. The highest BCUT2D eigenvalue weighted by Gasteiger charge is 2.24. The van der Waals surface area contributed by atoms with Crippen LogP contribution < -0.4 is 5.32 Å². The van der Waals surface area contributed by atoms with E-state index in [0.29, 0.717) is 30.9 Å². The molecule has 124 valence electrons. The summed E-state index contributed by atoms with van der Waals surface area (Å²) in [5, 5.41) is 12.0. The van der Waals surface area contributed by atoms with Gasteiger partial charge in [-0.15, -0.1) is 11.3 Å². The summed E-state index contributed by atoms with van der Waals surface area (Å²) in [7, 11) is 0. The summed E-state index contributed by atoms with van der Waals surface area (Å²) in [5.74, 6) is 0.910. The molecule has 0 saturated heterocycles. The van der Waals surface area contributed by atoms with E-state index in [4.69, 9.17) is 17.0 Å². The first-order valence-electron chi connectivity index (χ1n) is 7.77. The van der Waals surface area contributed by atoms with Crippen LogP contribution in [0.3, 0.4) is 0 Å². The van der Waals surface area contributed by atoms with Crippen molar-refractivity contribution in [2.45, 2.75) is 38.8 Å². The van der Waals surface area contributed by atoms with E-state index < -0.39 is 0 Å². The van der Waals surface area contributed by atoms with Gasteiger partial charge in [0.15, 0.2) is 4.77 Å². The number of aromatic amines is 1. The number of rotatable bonds is 6. The number of thiophene rings is 1. The minimum Gasteiger partial charge on any atom is -0.372 e. The fourth-order valence-electron chi connectivity index (χ4n) is 2.77. The lowest BCUT2D eigenvalue weighted by molar-refractivity contribution is -0.124. The molecule has 3 heterocycles. The third-order valence-corrected chi connectivity index (χ3v) is 5.31. The SMILES string of the molecule is CCc1n[nH]c(=S)n1CCNC(=O)C[C@@H]1OCCc2ccsc21. The van der Waals surface area contributed by atoms with Gasteiger partial charge >= 0.3 is 0 Å². The first-order valence-corrected chi connectivity index (χ1v) is 9.06. The maximum absolute atomic E-state index is 12.2. The molecule has 0 bridgehead atoms. The van der Waals surface area contributed by atoms with Crippen molar-refractivity contribution in [3.63, 3.8) is 0 Å². The van der Waals surface area contributed by atoms with Crippen molar-refractivity contribution in [1.82, 2.24) is 20.1 Å². The Labute approximate surface area is 143 Å². The predicted molar refractivity (Wildman–Crippen MR) is 91.1 cm³/mol. The van der Waals surface area contributed by atoms with E-state index in [0.717, 1.165) is 18.7 Å². The molecule has 8 heteroatoms. The van der Waals surface area contributed by atoms with E-state index in [-0.39, 0.29) is 12.0 Å². The van der Waals surface area contributed by atoms with Crippen LogP contribution in [0, 0.1) is 4.77 Å². The Hall–Kier alpha value is -1.51. The van der Waals surface area contributed by atoms with Crippen LogP contribution in [0.5, 0.6) is 0 Å². The quantitative estimate of drug-likeness (QED) is 0.783. The van der Waals surface area contributed by atoms with Crippen LogP contribution >= 0.6 is 23.6 Å². The molecular formula is C15H20N4O2S2. The van der Waals surface area contributed by atoms with Crippen molar-refractivity contribution in [3.8, 4) is 0 Å². The summed E-state index contributed by atoms with van der Waals surface area (Å²) in [6, 6.07) is 2.13. The zero-order valence-electron chi connectivity index (χ0n) is 13.0. The summed E-state index contributed by atoms with van der Waals surface area (Å²) >= 11 is 6.87. The molecule has 2 aromatic rings. The first kappa shape index (κ1) is 16.4. The number of carbonyl (C=O) groups excluding carboxylic acids is 1. The third kappa shape index (κ3) is 3.70. The van der Waals surface area contributed by atoms with Crippen molar-refractivity contribution in [1.29, 1.82) is 0 Å². The van der Waals surface area contributed by atoms with Crippen LogP contribution in [-0.4, -0.2) is 33.8 Å². The van der Waals surface area contributed by atoms with Crippen molar-refractivity contribution in [3.05, 3.63) is 32.5 Å². The van der Waals surface area contributed by atoms with Gasteiger partial charge in [-0.05, 0) is 35.6 Å². The second kappa shape index (κ2) is 7.37. The van der Waals surface area contributed by atoms with Gasteiger partial charge in [0.2, 0.25) is 5.91 Å². The second-order valence-corrected chi connectivity index (χ2v) is 6.76. The Balaban J connectivity index is 1.51. The minimum absolute atomic E-state index is 0.00399. The standard InChI is InChI=1S/C15H20N4O2S2/c1-2-12-17-18-15(22)19(12)6-5-16-13(20)9-11-14-10(3-7-21-11)4-8-23-14/h4,8,11H,2-3,5-7,9H2,1H3,(H,16,20)(H,18,22)/t11-/m0/s1. The number of nitrogens with zero attached hydrogens (tertiary/aromatic N) is 2. The molecule has 1 aliphatic rings. The average Bonchev–Trinajstić information content (AvgIpc) is 3.15. The summed E-state index contributed by atoms with van der Waals surface area (Å²) < 4.78 is 8.27. The van der Waals surface area contributed by atoms with E-state index in [1.165, 1.54) is 10.4 Å². The summed E-state index contributed by atoms with van der Waals surface area (Å²) in [4.78, 5) is 13.4. The highest BCUT2D eigenvalue weighted by molar-refractivity contribution is 7.71. The molecule has 3 rings (SSSR count). The van der Waals surface area contributed by atoms with Crippen LogP contribution in [0.25, 0.3) is 0 Å². The molecule has 0 spiro atoms. The number of hydrogen-bond donors (Lipinski definition) is 2. The van der Waals surface area contributed by atoms with Crippen LogP contribution in [-0.2, 0) is 28.9 Å². The molecule has 0 fully saturated rings. The monoisotopic (exact) mass is 352 g/mol. The van der Waals surface area contributed by atoms with E-state index in [1.807, 2.05) is 11.5 Å². The third-order valence-electron chi connectivity index (χ3n) is 3.95. The summed E-state index contributed by atoms with van der Waals surface area (Å²) in [6.45, 7) is 3.87. The number of H-pyrrole nitrogens is 1. The van der Waals surface area contributed by atoms with E-state index in [1.54, 1.807) is 11.3 Å². The van der Waals surface area contributed by atoms with Crippen LogP contribution in [0.4, 0.5) is 0 Å². The van der Waals surface area contributed by atoms with Gasteiger partial charge in [-0.3, -0.25) is 9.89 Å². The van der Waals surface area contributed by atoms with E-state index in [9.17, 15) is 4.79 Å². The Bertz CT molecular complexity index is 734. The Morgan fingerprint density at radius 3 is 3.35 bits per heavy atom. The van der Waals surface area contributed by atoms with Crippen molar-refractivity contribution in [2.24, 2.45) is 0 Å². The Morgan fingerprint density at radius 2 is 2.52 bits per heavy atom. The predicted octanol–water partition coefficient (Wildman–Crippen LogP) is 2.38. The normalized spacial score (nSPS) is 17.0. The number of aromatic nitrogens is 3. The van der Waals surface area contributed by atoms with Gasteiger partial charge in [0.25, 0.3) is 0 Å². The lowest BCUT2D eigenvalue weighted by atomic mass is 10.1. The highest BCUT2D eigenvalue weighted by Crippen LogP contribution is 2.33. The van der Waals surface area contributed by atoms with E-state index >= 15 is 0 Å². The van der Waals surface area contributed by atoms with Gasteiger partial charge in [-0.1, -0.05) is 6.92 Å². The largest absolute Gasteiger partial charge is 0.372 e. The molecular weight excluding hydrogens is 332 g/mol. The fraction of sp³-hybridized carbons (Fsp3) is 0.533. The fourth-order valence-corrected chi connectivity index (χ4v) is 4.02. The Morgan fingerprint density at radius 1 is 1.65 bits per heavy atom. The van der Waals surface area contributed by atoms with E-state index in [2.05, 4.69) is 27.0 Å². The second-order valence-electron chi connectivity index (χ2n) is 5.42. The van der Waals surface area contributed by atoms with Crippen LogP contribution in [0.15, 0.2) is 11.4 Å². The number of hydrogen-bond acceptors (Lipinski definition) is 5. The molecule has 0 aromatic carbocycles. The molecule has 2 N–H and O–H groups in total. The lowest BCUT2D eigenvalue weighted by Gasteiger charge is -2.22. The topological polar surface area (TPSA) is 71.9 Å². The van der Waals surface area contributed by atoms with Crippen molar-refractivity contribution < 1.29 is 9.53 Å². The van der Waals surface area contributed by atoms with Gasteiger partial charge in [0.05, 0.1) is 13.0 Å². The number of fused-ring (bicyclic) bond motifs is 1. The minimum atomic E-state index is -0.110. The molecule has 0 aliphatic carbocycles. The number of aryl methyl sites for hydroxylation is 1. The molecule has 1 aliphatic heterocycles. The molecule has 1 amide bonds. The van der Waals surface area contributed by atoms with Gasteiger partial charge in [0, 0.05) is 24.4 Å². The number of amides is 1. The van der Waals surface area contributed by atoms with Crippen LogP contribution in [0.2, 0.25) is 0 Å². The molecule has 0 saturated carbocycles. The smallest absolute Gasteiger partial charge is 0.223 e. The maximum atomic E-state index is 12.2. The average molecular weight is 352 g/mol. The first-order chi connectivity index (χ1) is 11.2. The molecule has 0 unspecified atom stereocenters. The van der Waals surface area contributed by atoms with Gasteiger partial charge in [0.1, 0.15) is 11.9 Å². The lowest BCUT2D eigenvalue weighted by Crippen LogP contribution is -2.30. The zero-order chi connectivity index (χ0) is 16.2. The van der Waals surface area contributed by atoms with Gasteiger partial charge < -0.3 is 14.6 Å². The maximum Gasteiger partial charge on any atom is 0.223 e. The molecule has 1 atom stereocenters. The zero-order valence-corrected chi connectivity index (χ0v) is 14.6. The number of nitrogens with one attached hydrogen (secondary N) is 2. The number of ether oxygens (including phenoxy) is 1. The molecule has 0 radical (unpaired) electrons. The van der Waals surface area contributed by atoms with Crippen molar-refractivity contribution >= 4 is 29.5 Å². The summed E-state index contributed by atoms with van der Waals surface area (Å²) in [6.07, 6.45) is 2.00. The highest BCUT2D eigenvalue weighted by atomic mass is 32.1. The van der Waals surface area contributed by atoms with Crippen molar-refractivity contribution in [2.75, 3.05) is 13.2 Å². The molecule has 2 aromatic heterocycles. The molecule has 23 heavy (non-hydrogen) atoms. The molecule has 6 nitrogen and oxygen atoms in total. The van der Waals surface area contributed by atoms with Gasteiger partial charge in [-0.25, -0.2) is 0 Å². The van der Waals surface area contributed by atoms with Gasteiger partial charge in [-0.2, -0.15) is 5.10 Å².